The fraction of sp³-hybridized carbons (Fsp3) is 0.412. The molecular formula is C17H20F5N7O. The van der Waals surface area contributed by atoms with Crippen LogP contribution in [0.3, 0.4) is 0 Å². The standard InChI is InChI=1S/C17H20F5N7O/c18-16(19)6-2-5-10(12(16)24)28-15(26)29-14(11(23)13(25)30)27-9-4-1-3-8(7-9)17(20,21)22/h1,3-4,7,10,12,23H,2,5-6,24H2,(H2,25,30)(H3,26,27,28,29)/t10-,12-/m1/s1. The fourth-order valence-electron chi connectivity index (χ4n) is 2.81. The van der Waals surface area contributed by atoms with Gasteiger partial charge in [0.15, 0.2) is 11.5 Å². The minimum Gasteiger partial charge on any atom is -0.368 e. The second-order valence-electron chi connectivity index (χ2n) is 6.64. The molecule has 0 heterocycles. The highest BCUT2D eigenvalue weighted by Crippen LogP contribution is 2.34. The maximum Gasteiger partial charge on any atom is 0.416 e. The lowest BCUT2D eigenvalue weighted by Gasteiger charge is -2.33. The number of guanidine groups is 1. The number of nitrogens with two attached hydrogens (primary N) is 3. The first-order valence-electron chi connectivity index (χ1n) is 8.69. The first-order chi connectivity index (χ1) is 13.8. The van der Waals surface area contributed by atoms with E-state index in [0.29, 0.717) is 6.07 Å². The zero-order valence-corrected chi connectivity index (χ0v) is 15.5. The quantitative estimate of drug-likeness (QED) is 0.279. The summed E-state index contributed by atoms with van der Waals surface area (Å²) >= 11 is 0. The van der Waals surface area contributed by atoms with Crippen molar-refractivity contribution in [3.8, 4) is 0 Å². The minimum atomic E-state index is -4.63. The molecule has 0 saturated heterocycles. The van der Waals surface area contributed by atoms with E-state index < -0.39 is 59.6 Å². The fourth-order valence-corrected chi connectivity index (χ4v) is 2.81. The van der Waals surface area contributed by atoms with Gasteiger partial charge in [0.1, 0.15) is 0 Å². The van der Waals surface area contributed by atoms with Crippen LogP contribution in [0.1, 0.15) is 24.8 Å². The Morgan fingerprint density at radius 2 is 1.93 bits per heavy atom. The highest BCUT2D eigenvalue weighted by molar-refractivity contribution is 6.67. The number of benzene rings is 1. The van der Waals surface area contributed by atoms with Gasteiger partial charge in [-0.05, 0) is 31.0 Å². The molecule has 8 N–H and O–H groups in total. The SMILES string of the molecule is N=C(C(N)=O)C(=NC(N)=N[C@@H]1CCCC(F)(F)[C@@H]1N)Nc1cccc(C(F)(F)F)c1. The molecule has 1 aromatic carbocycles. The first-order valence-corrected chi connectivity index (χ1v) is 8.69. The summed E-state index contributed by atoms with van der Waals surface area (Å²) in [5, 5.41) is 10.0. The number of carbonyl (C=O) groups is 1. The van der Waals surface area contributed by atoms with Gasteiger partial charge >= 0.3 is 6.18 Å². The van der Waals surface area contributed by atoms with E-state index in [0.717, 1.165) is 12.1 Å². The van der Waals surface area contributed by atoms with Crippen LogP contribution in [0.2, 0.25) is 0 Å². The number of nitrogens with zero attached hydrogens (tertiary/aromatic N) is 2. The third kappa shape index (κ3) is 5.72. The second kappa shape index (κ2) is 8.73. The van der Waals surface area contributed by atoms with Crippen molar-refractivity contribution in [3.63, 3.8) is 0 Å². The lowest BCUT2D eigenvalue weighted by atomic mass is 9.88. The van der Waals surface area contributed by atoms with E-state index in [9.17, 15) is 26.7 Å². The Morgan fingerprint density at radius 1 is 1.27 bits per heavy atom. The molecule has 2 atom stereocenters. The van der Waals surface area contributed by atoms with Crippen LogP contribution >= 0.6 is 0 Å². The molecule has 0 aromatic heterocycles. The van der Waals surface area contributed by atoms with Crippen LogP contribution in [-0.4, -0.2) is 41.4 Å². The Kier molecular flexibility index (Phi) is 6.75. The topological polar surface area (TPSA) is 156 Å². The minimum absolute atomic E-state index is 0.151. The van der Waals surface area contributed by atoms with E-state index >= 15 is 0 Å². The van der Waals surface area contributed by atoms with Crippen molar-refractivity contribution < 1.29 is 26.7 Å². The van der Waals surface area contributed by atoms with Gasteiger partial charge in [0.2, 0.25) is 5.96 Å². The number of aliphatic imine (C=N–C) groups is 2. The summed E-state index contributed by atoms with van der Waals surface area (Å²) in [7, 11) is 0. The maximum absolute atomic E-state index is 13.7. The van der Waals surface area contributed by atoms with Gasteiger partial charge in [0, 0.05) is 12.1 Å². The molecular weight excluding hydrogens is 413 g/mol. The van der Waals surface area contributed by atoms with Crippen molar-refractivity contribution in [3.05, 3.63) is 29.8 Å². The highest BCUT2D eigenvalue weighted by Gasteiger charge is 2.44. The van der Waals surface area contributed by atoms with Gasteiger partial charge in [0.05, 0.1) is 17.6 Å². The molecule has 8 nitrogen and oxygen atoms in total. The van der Waals surface area contributed by atoms with Crippen molar-refractivity contribution in [2.45, 2.75) is 43.4 Å². The zero-order chi connectivity index (χ0) is 22.7. The van der Waals surface area contributed by atoms with Crippen molar-refractivity contribution in [1.82, 2.24) is 0 Å². The Morgan fingerprint density at radius 3 is 2.53 bits per heavy atom. The molecule has 0 spiro atoms. The normalized spacial score (nSPS) is 22.5. The van der Waals surface area contributed by atoms with Gasteiger partial charge in [-0.1, -0.05) is 6.07 Å². The third-order valence-corrected chi connectivity index (χ3v) is 4.37. The van der Waals surface area contributed by atoms with Crippen molar-refractivity contribution in [1.29, 1.82) is 5.41 Å². The monoisotopic (exact) mass is 433 g/mol. The Bertz CT molecular complexity index is 881. The van der Waals surface area contributed by atoms with Crippen LogP contribution in [0.5, 0.6) is 0 Å². The Balaban J connectivity index is 2.34. The van der Waals surface area contributed by atoms with Gasteiger partial charge in [-0.15, -0.1) is 0 Å². The molecule has 1 aliphatic carbocycles. The molecule has 1 amide bonds. The molecule has 164 valence electrons. The van der Waals surface area contributed by atoms with E-state index in [1.54, 1.807) is 0 Å². The number of hydrogen-bond acceptors (Lipinski definition) is 4. The summed E-state index contributed by atoms with van der Waals surface area (Å²) in [5.74, 6) is -5.58. The predicted octanol–water partition coefficient (Wildman–Crippen LogP) is 1.85. The third-order valence-electron chi connectivity index (χ3n) is 4.37. The Labute approximate surface area is 167 Å². The molecule has 0 radical (unpaired) electrons. The number of halogens is 5. The van der Waals surface area contributed by atoms with Crippen LogP contribution in [0.4, 0.5) is 27.6 Å². The smallest absolute Gasteiger partial charge is 0.368 e. The van der Waals surface area contributed by atoms with E-state index in [1.165, 1.54) is 6.07 Å². The Hall–Kier alpha value is -3.09. The molecule has 0 aliphatic heterocycles. The number of amidine groups is 1. The van der Waals surface area contributed by atoms with E-state index in [2.05, 4.69) is 15.3 Å². The zero-order valence-electron chi connectivity index (χ0n) is 15.5. The number of primary amides is 1. The summed E-state index contributed by atoms with van der Waals surface area (Å²) in [6.45, 7) is 0. The number of nitrogens with one attached hydrogen (secondary N) is 2. The second-order valence-corrected chi connectivity index (χ2v) is 6.64. The van der Waals surface area contributed by atoms with Crippen LogP contribution < -0.4 is 22.5 Å². The molecule has 1 saturated carbocycles. The van der Waals surface area contributed by atoms with Crippen LogP contribution in [0.15, 0.2) is 34.3 Å². The summed E-state index contributed by atoms with van der Waals surface area (Å²) < 4.78 is 66.1. The molecule has 1 aliphatic rings. The van der Waals surface area contributed by atoms with Crippen LogP contribution in [0.25, 0.3) is 0 Å². The summed E-state index contributed by atoms with van der Waals surface area (Å²) in [6, 6.07) is 1.20. The number of rotatable bonds is 4. The number of alkyl halides is 5. The van der Waals surface area contributed by atoms with Gasteiger partial charge in [-0.3, -0.25) is 10.2 Å². The van der Waals surface area contributed by atoms with Crippen molar-refractivity contribution in [2.75, 3.05) is 5.32 Å². The molecule has 30 heavy (non-hydrogen) atoms. The van der Waals surface area contributed by atoms with Crippen molar-refractivity contribution in [2.24, 2.45) is 27.2 Å². The lowest BCUT2D eigenvalue weighted by molar-refractivity contribution is -0.137. The van der Waals surface area contributed by atoms with E-state index in [-0.39, 0.29) is 18.5 Å². The number of anilines is 1. The molecule has 1 aromatic rings. The number of amides is 1. The molecule has 0 bridgehead atoms. The maximum atomic E-state index is 13.7. The molecule has 13 heteroatoms. The molecule has 1 fully saturated rings. The average molecular weight is 433 g/mol. The molecule has 2 rings (SSSR count). The number of hydrogen-bond donors (Lipinski definition) is 5. The van der Waals surface area contributed by atoms with Crippen molar-refractivity contribution >= 4 is 29.1 Å². The van der Waals surface area contributed by atoms with Gasteiger partial charge in [0.25, 0.3) is 11.8 Å². The van der Waals surface area contributed by atoms with E-state index in [1.807, 2.05) is 0 Å². The summed E-state index contributed by atoms with van der Waals surface area (Å²) in [5.41, 5.74) is 14.2. The van der Waals surface area contributed by atoms with Gasteiger partial charge < -0.3 is 22.5 Å². The largest absolute Gasteiger partial charge is 0.416 e. The van der Waals surface area contributed by atoms with Gasteiger partial charge in [-0.2, -0.15) is 18.2 Å². The van der Waals surface area contributed by atoms with E-state index in [4.69, 9.17) is 22.6 Å². The van der Waals surface area contributed by atoms with Crippen LogP contribution in [-0.2, 0) is 11.0 Å². The van der Waals surface area contributed by atoms with Crippen LogP contribution in [0, 0.1) is 5.41 Å². The lowest BCUT2D eigenvalue weighted by Crippen LogP contribution is -2.52. The predicted molar refractivity (Wildman–Crippen MR) is 102 cm³/mol. The first kappa shape index (κ1) is 23.2. The highest BCUT2D eigenvalue weighted by atomic mass is 19.4. The van der Waals surface area contributed by atoms with Gasteiger partial charge in [-0.25, -0.2) is 13.8 Å². The summed E-state index contributed by atoms with van der Waals surface area (Å²) in [6.07, 6.45) is -4.65. The summed E-state index contributed by atoms with van der Waals surface area (Å²) in [4.78, 5) is 18.9. The average Bonchev–Trinajstić information content (AvgIpc) is 2.63. The molecule has 0 unspecified atom stereocenters. The number of carbonyl (C=O) groups excluding carboxylic acids is 1.